The van der Waals surface area contributed by atoms with Crippen molar-refractivity contribution < 1.29 is 15.0 Å². The van der Waals surface area contributed by atoms with Gasteiger partial charge in [0, 0.05) is 18.9 Å². The zero-order valence-corrected chi connectivity index (χ0v) is 11.5. The molecule has 0 heterocycles. The third kappa shape index (κ3) is 3.79. The monoisotopic (exact) mass is 252 g/mol. The summed E-state index contributed by atoms with van der Waals surface area (Å²) in [6.07, 6.45) is 4.74. The Bertz CT molecular complexity index is 349. The standard InChI is InChI=1S/C15H24O3/c1-10(6-5-7-15(3,4)18)12-8-14(17)11(2)13(12)9-16/h5,7,11-13,16,18H,1,6,8-9H2,2-4H3. The summed E-state index contributed by atoms with van der Waals surface area (Å²) >= 11 is 0. The summed E-state index contributed by atoms with van der Waals surface area (Å²) in [7, 11) is 0. The number of carbonyl (C=O) groups excluding carboxylic acids is 1. The fraction of sp³-hybridized carbons (Fsp3) is 0.667. The molecule has 3 nitrogen and oxygen atoms in total. The molecule has 102 valence electrons. The summed E-state index contributed by atoms with van der Waals surface area (Å²) in [4.78, 5) is 11.7. The van der Waals surface area contributed by atoms with Crippen molar-refractivity contribution in [2.45, 2.75) is 39.2 Å². The van der Waals surface area contributed by atoms with Crippen molar-refractivity contribution in [3.05, 3.63) is 24.3 Å². The lowest BCUT2D eigenvalue weighted by atomic mass is 9.85. The van der Waals surface area contributed by atoms with E-state index in [1.807, 2.05) is 13.0 Å². The lowest BCUT2D eigenvalue weighted by Crippen LogP contribution is -2.20. The van der Waals surface area contributed by atoms with Gasteiger partial charge >= 0.3 is 0 Å². The maximum absolute atomic E-state index is 11.7. The van der Waals surface area contributed by atoms with Crippen molar-refractivity contribution in [2.75, 3.05) is 6.61 Å². The lowest BCUT2D eigenvalue weighted by Gasteiger charge is -2.21. The summed E-state index contributed by atoms with van der Waals surface area (Å²) in [6, 6.07) is 0. The Kier molecular flexibility index (Phi) is 4.88. The van der Waals surface area contributed by atoms with Crippen LogP contribution in [0, 0.1) is 17.8 Å². The van der Waals surface area contributed by atoms with E-state index in [9.17, 15) is 15.0 Å². The van der Waals surface area contributed by atoms with Crippen LogP contribution in [0.1, 0.15) is 33.6 Å². The largest absolute Gasteiger partial charge is 0.396 e. The minimum absolute atomic E-state index is 0.000497. The SMILES string of the molecule is C=C(CC=CC(C)(C)O)C1CC(=O)C(C)C1CO. The van der Waals surface area contributed by atoms with Crippen LogP contribution in [-0.2, 0) is 4.79 Å². The number of hydrogen-bond acceptors (Lipinski definition) is 3. The molecule has 3 atom stereocenters. The molecule has 1 rings (SSSR count). The van der Waals surface area contributed by atoms with E-state index in [0.717, 1.165) is 5.57 Å². The van der Waals surface area contributed by atoms with Gasteiger partial charge in [-0.2, -0.15) is 0 Å². The maximum atomic E-state index is 11.7. The van der Waals surface area contributed by atoms with Crippen molar-refractivity contribution in [2.24, 2.45) is 17.8 Å². The Balaban J connectivity index is 2.62. The number of carbonyl (C=O) groups is 1. The fourth-order valence-corrected chi connectivity index (χ4v) is 2.52. The Morgan fingerprint density at radius 3 is 2.67 bits per heavy atom. The molecular weight excluding hydrogens is 228 g/mol. The van der Waals surface area contributed by atoms with Gasteiger partial charge in [-0.25, -0.2) is 0 Å². The van der Waals surface area contributed by atoms with Crippen LogP contribution in [0.4, 0.5) is 0 Å². The number of aliphatic hydroxyl groups is 2. The van der Waals surface area contributed by atoms with E-state index in [1.54, 1.807) is 19.9 Å². The van der Waals surface area contributed by atoms with Crippen molar-refractivity contribution in [1.82, 2.24) is 0 Å². The van der Waals surface area contributed by atoms with Crippen molar-refractivity contribution in [3.8, 4) is 0 Å². The molecule has 2 N–H and O–H groups in total. The average Bonchev–Trinajstić information content (AvgIpc) is 2.53. The van der Waals surface area contributed by atoms with E-state index in [4.69, 9.17) is 0 Å². The van der Waals surface area contributed by atoms with E-state index >= 15 is 0 Å². The van der Waals surface area contributed by atoms with Crippen molar-refractivity contribution >= 4 is 5.78 Å². The highest BCUT2D eigenvalue weighted by atomic mass is 16.3. The van der Waals surface area contributed by atoms with Crippen LogP contribution in [0.5, 0.6) is 0 Å². The van der Waals surface area contributed by atoms with Crippen LogP contribution in [0.2, 0.25) is 0 Å². The van der Waals surface area contributed by atoms with Crippen LogP contribution in [-0.4, -0.2) is 28.2 Å². The van der Waals surface area contributed by atoms with Gasteiger partial charge in [0.15, 0.2) is 0 Å². The molecule has 0 bridgehead atoms. The first-order chi connectivity index (χ1) is 8.26. The van der Waals surface area contributed by atoms with E-state index in [2.05, 4.69) is 6.58 Å². The molecular formula is C15H24O3. The molecule has 0 aliphatic heterocycles. The predicted octanol–water partition coefficient (Wildman–Crippen LogP) is 2.09. The minimum Gasteiger partial charge on any atom is -0.396 e. The Morgan fingerprint density at radius 1 is 1.56 bits per heavy atom. The maximum Gasteiger partial charge on any atom is 0.136 e. The van der Waals surface area contributed by atoms with Gasteiger partial charge in [0.1, 0.15) is 5.78 Å². The smallest absolute Gasteiger partial charge is 0.136 e. The number of aliphatic hydroxyl groups excluding tert-OH is 1. The molecule has 0 aromatic carbocycles. The fourth-order valence-electron chi connectivity index (χ4n) is 2.52. The second-order valence-electron chi connectivity index (χ2n) is 5.83. The first kappa shape index (κ1) is 15.1. The molecule has 0 amide bonds. The third-order valence-corrected chi connectivity index (χ3v) is 3.73. The van der Waals surface area contributed by atoms with Crippen LogP contribution in [0.25, 0.3) is 0 Å². The normalized spacial score (nSPS) is 29.2. The third-order valence-electron chi connectivity index (χ3n) is 3.73. The second kappa shape index (κ2) is 5.81. The van der Waals surface area contributed by atoms with Crippen LogP contribution < -0.4 is 0 Å². The van der Waals surface area contributed by atoms with Gasteiger partial charge < -0.3 is 10.2 Å². The highest BCUT2D eigenvalue weighted by Crippen LogP contribution is 2.39. The molecule has 1 aliphatic rings. The van der Waals surface area contributed by atoms with Gasteiger partial charge in [0.2, 0.25) is 0 Å². The minimum atomic E-state index is -0.824. The molecule has 0 radical (unpaired) electrons. The number of hydrogen-bond donors (Lipinski definition) is 2. The molecule has 0 aromatic heterocycles. The molecule has 1 fully saturated rings. The van der Waals surface area contributed by atoms with Gasteiger partial charge in [-0.05, 0) is 32.1 Å². The summed E-state index contributed by atoms with van der Waals surface area (Å²) < 4.78 is 0. The first-order valence-corrected chi connectivity index (χ1v) is 6.47. The quantitative estimate of drug-likeness (QED) is 0.737. The van der Waals surface area contributed by atoms with Gasteiger partial charge in [0.05, 0.1) is 5.60 Å². The molecule has 3 heteroatoms. The predicted molar refractivity (Wildman–Crippen MR) is 72.0 cm³/mol. The molecule has 0 aromatic rings. The molecule has 1 saturated carbocycles. The summed E-state index contributed by atoms with van der Waals surface area (Å²) in [6.45, 7) is 9.36. The van der Waals surface area contributed by atoms with Crippen molar-refractivity contribution in [3.63, 3.8) is 0 Å². The van der Waals surface area contributed by atoms with E-state index in [1.165, 1.54) is 0 Å². The number of Topliss-reactive ketones (excluding diaryl/α,β-unsaturated/α-hetero) is 1. The zero-order chi connectivity index (χ0) is 13.9. The van der Waals surface area contributed by atoms with Crippen LogP contribution in [0.15, 0.2) is 24.3 Å². The Labute approximate surface area is 109 Å². The Morgan fingerprint density at radius 2 is 2.17 bits per heavy atom. The zero-order valence-electron chi connectivity index (χ0n) is 11.5. The molecule has 3 unspecified atom stereocenters. The molecule has 0 saturated heterocycles. The number of rotatable bonds is 5. The van der Waals surface area contributed by atoms with Gasteiger partial charge in [0.25, 0.3) is 0 Å². The van der Waals surface area contributed by atoms with E-state index < -0.39 is 5.60 Å². The van der Waals surface area contributed by atoms with Crippen LogP contribution >= 0.6 is 0 Å². The number of allylic oxidation sites excluding steroid dienone is 2. The highest BCUT2D eigenvalue weighted by Gasteiger charge is 2.39. The lowest BCUT2D eigenvalue weighted by molar-refractivity contribution is -0.121. The summed E-state index contributed by atoms with van der Waals surface area (Å²) in [5.41, 5.74) is 0.141. The highest BCUT2D eigenvalue weighted by molar-refractivity contribution is 5.84. The molecule has 1 aliphatic carbocycles. The summed E-state index contributed by atoms with van der Waals surface area (Å²) in [5.74, 6) is 0.214. The van der Waals surface area contributed by atoms with Gasteiger partial charge in [-0.1, -0.05) is 31.2 Å². The Hall–Kier alpha value is -0.930. The topological polar surface area (TPSA) is 57.5 Å². The second-order valence-corrected chi connectivity index (χ2v) is 5.83. The van der Waals surface area contributed by atoms with Gasteiger partial charge in [-0.3, -0.25) is 4.79 Å². The van der Waals surface area contributed by atoms with E-state index in [0.29, 0.717) is 12.8 Å². The molecule has 0 spiro atoms. The number of ketones is 1. The first-order valence-electron chi connectivity index (χ1n) is 6.47. The van der Waals surface area contributed by atoms with Gasteiger partial charge in [-0.15, -0.1) is 0 Å². The van der Waals surface area contributed by atoms with Crippen LogP contribution in [0.3, 0.4) is 0 Å². The van der Waals surface area contributed by atoms with E-state index in [-0.39, 0.29) is 30.1 Å². The van der Waals surface area contributed by atoms with Crippen molar-refractivity contribution in [1.29, 1.82) is 0 Å². The average molecular weight is 252 g/mol. The summed E-state index contributed by atoms with van der Waals surface area (Å²) in [5, 5.41) is 18.9. The molecule has 18 heavy (non-hydrogen) atoms.